The van der Waals surface area contributed by atoms with Gasteiger partial charge in [-0.15, -0.1) is 10.1 Å². The smallest absolute Gasteiger partial charge is 0.147 e. The average molecular weight is 616 g/mol. The van der Waals surface area contributed by atoms with Crippen LogP contribution in [-0.2, 0) is 0 Å². The highest BCUT2D eigenvalue weighted by atomic mass is 127. The Morgan fingerprint density at radius 1 is 1.03 bits per heavy atom. The highest BCUT2D eigenvalue weighted by molar-refractivity contribution is 14.1. The van der Waals surface area contributed by atoms with Gasteiger partial charge in [0.25, 0.3) is 0 Å². The van der Waals surface area contributed by atoms with Gasteiger partial charge in [-0.1, -0.05) is 56.7 Å². The van der Waals surface area contributed by atoms with Crippen LogP contribution in [0.5, 0.6) is 11.5 Å². The van der Waals surface area contributed by atoms with Crippen molar-refractivity contribution in [2.24, 2.45) is 16.8 Å². The number of hydrogen-bond donors (Lipinski definition) is 1. The Morgan fingerprint density at radius 3 is 1.83 bits per heavy atom. The maximum atomic E-state index is 6.24. The number of hydroxylamine groups is 4. The van der Waals surface area contributed by atoms with Crippen LogP contribution in [-0.4, -0.2) is 46.3 Å². The van der Waals surface area contributed by atoms with Crippen LogP contribution >= 0.6 is 34.8 Å². The molecule has 2 saturated heterocycles. The van der Waals surface area contributed by atoms with E-state index >= 15 is 0 Å². The minimum absolute atomic E-state index is 0. The number of nitrogen functional groups attached to an aromatic ring is 1. The normalized spacial score (nSPS) is 20.9. The van der Waals surface area contributed by atoms with Gasteiger partial charge in [0.05, 0.1) is 10.8 Å². The zero-order chi connectivity index (χ0) is 26.3. The fourth-order valence-corrected chi connectivity index (χ4v) is 3.99. The van der Waals surface area contributed by atoms with Crippen molar-refractivity contribution in [2.45, 2.75) is 47.0 Å². The first kappa shape index (κ1) is 27.9. The van der Waals surface area contributed by atoms with Gasteiger partial charge >= 0.3 is 0 Å². The number of aliphatic imine (C=N–C) groups is 1. The Morgan fingerprint density at radius 2 is 1.46 bits per heavy atom. The molecule has 0 saturated carbocycles. The minimum Gasteiger partial charge on any atom is -0.406 e. The molecule has 2 N–H and O–H groups in total. The third-order valence-electron chi connectivity index (χ3n) is 6.01. The van der Waals surface area contributed by atoms with E-state index in [1.54, 1.807) is 22.6 Å². The van der Waals surface area contributed by atoms with Crippen LogP contribution in [0.2, 0.25) is 0 Å². The fourth-order valence-electron chi connectivity index (χ4n) is 3.89. The molecule has 2 fully saturated rings. The summed E-state index contributed by atoms with van der Waals surface area (Å²) in [5, 5.41) is 6.42. The largest absolute Gasteiger partial charge is 0.406 e. The minimum atomic E-state index is -0.697. The molecule has 6 nitrogen and oxygen atoms in total. The topological polar surface area (TPSA) is 63.3 Å². The summed E-state index contributed by atoms with van der Waals surface area (Å²) in [5.41, 5.74) is 7.19. The van der Waals surface area contributed by atoms with E-state index < -0.39 is 4.88 Å². The van der Waals surface area contributed by atoms with Crippen LogP contribution in [0.3, 0.4) is 0 Å². The monoisotopic (exact) mass is 615 g/mol. The molecular weight excluding hydrogens is 571 g/mol. The predicted molar refractivity (Wildman–Crippen MR) is 160 cm³/mol. The number of anilines is 1. The number of halogens is 1. The zero-order valence-corrected chi connectivity index (χ0v) is 23.0. The van der Waals surface area contributed by atoms with Crippen molar-refractivity contribution in [3.63, 3.8) is 0 Å². The summed E-state index contributed by atoms with van der Waals surface area (Å²) in [4.78, 5) is 14.7. The van der Waals surface area contributed by atoms with Crippen LogP contribution < -0.4 is 15.4 Å². The average Bonchev–Trinajstić information content (AvgIpc) is 3.51. The number of nitrogens with zero attached hydrogens (tertiary/aromatic N) is 3. The highest BCUT2D eigenvalue weighted by Gasteiger charge is 2.23. The van der Waals surface area contributed by atoms with E-state index in [9.17, 15) is 0 Å². The Kier molecular flexibility index (Phi) is 14.1. The molecule has 2 aliphatic rings. The SMILES string of the molecule is C.CCC1CCN(Oc2ccc(N)cc2)C1.CCC1CCN(Oc2ccc(N=C=S)cc2)C1.[2H]C([3H])I. The number of thiocarbonyl (C=S) groups is 1. The summed E-state index contributed by atoms with van der Waals surface area (Å²) in [5.74, 6) is 3.29. The number of benzene rings is 2. The fraction of sp³-hybridized carbons (Fsp3) is 0.519. The molecule has 2 aliphatic heterocycles. The van der Waals surface area contributed by atoms with Crippen molar-refractivity contribution in [1.29, 1.82) is 0 Å². The number of nitrogens with two attached hydrogens (primary N) is 1. The Balaban J connectivity index is 0.000000318. The Labute approximate surface area is 233 Å². The standard InChI is InChI=1S/C13H16N2OS.C12H18N2O.CH3I.CH4/c1-2-11-7-8-15(9-11)16-13-5-3-12(4-6-13)14-10-17;1-2-10-7-8-14(9-10)15-12-5-3-11(13)4-6-12;1-2;/h3-6,11H,2,7-9H2,1H3;3-6,10H,2,7-9,13H2,1H3;1H3;1H4/i;;1TD;. The van der Waals surface area contributed by atoms with Crippen molar-refractivity contribution in [2.75, 3.05) is 36.8 Å². The quantitative estimate of drug-likeness (QED) is 0.115. The van der Waals surface area contributed by atoms with Crippen molar-refractivity contribution < 1.29 is 12.4 Å². The molecule has 0 bridgehead atoms. The second kappa shape index (κ2) is 17.7. The number of rotatable bonds is 7. The lowest BCUT2D eigenvalue weighted by molar-refractivity contribution is -0.0384. The predicted octanol–water partition coefficient (Wildman–Crippen LogP) is 7.43. The summed E-state index contributed by atoms with van der Waals surface area (Å²) in [6, 6.07) is 15.1. The Hall–Kier alpha value is -1.71. The molecule has 2 aromatic carbocycles. The highest BCUT2D eigenvalue weighted by Crippen LogP contribution is 2.24. The maximum absolute atomic E-state index is 6.24. The van der Waals surface area contributed by atoms with Gasteiger partial charge in [-0.25, -0.2) is 0 Å². The van der Waals surface area contributed by atoms with Gasteiger partial charge in [-0.3, -0.25) is 0 Å². The number of hydrogen-bond acceptors (Lipinski definition) is 7. The molecule has 0 aliphatic carbocycles. The summed E-state index contributed by atoms with van der Waals surface area (Å²) >= 11 is 6.23. The van der Waals surface area contributed by atoms with E-state index in [-0.39, 0.29) is 7.43 Å². The van der Waals surface area contributed by atoms with Crippen LogP contribution in [0, 0.1) is 11.8 Å². The molecule has 3 unspecified atom stereocenters. The molecule has 2 heterocycles. The Bertz CT molecular complexity index is 928. The summed E-state index contributed by atoms with van der Waals surface area (Å²) in [7, 11) is 0. The molecule has 0 radical (unpaired) electrons. The van der Waals surface area contributed by atoms with Gasteiger partial charge in [0.2, 0.25) is 0 Å². The summed E-state index contributed by atoms with van der Waals surface area (Å²) in [6.07, 6.45) is 4.93. The molecule has 0 amide bonds. The van der Waals surface area contributed by atoms with Crippen LogP contribution in [0.25, 0.3) is 0 Å². The summed E-state index contributed by atoms with van der Waals surface area (Å²) in [6.45, 7) is 8.57. The molecule has 0 aromatic heterocycles. The first-order valence-corrected chi connectivity index (χ1v) is 13.4. The first-order valence-electron chi connectivity index (χ1n) is 12.9. The molecule has 8 heteroatoms. The summed E-state index contributed by atoms with van der Waals surface area (Å²) < 4.78 is 12.5. The lowest BCUT2D eigenvalue weighted by atomic mass is 10.1. The molecule has 194 valence electrons. The van der Waals surface area contributed by atoms with Gasteiger partial charge in [0.1, 0.15) is 11.5 Å². The van der Waals surface area contributed by atoms with Crippen molar-refractivity contribution in [3.05, 3.63) is 48.5 Å². The number of alkyl halides is 1. The van der Waals surface area contributed by atoms with E-state index in [4.69, 9.17) is 18.2 Å². The van der Waals surface area contributed by atoms with Crippen LogP contribution in [0.15, 0.2) is 53.5 Å². The van der Waals surface area contributed by atoms with E-state index in [1.807, 2.05) is 58.7 Å². The molecule has 2 aromatic rings. The van der Waals surface area contributed by atoms with Crippen LogP contribution in [0.1, 0.15) is 49.7 Å². The van der Waals surface area contributed by atoms with Crippen molar-refractivity contribution >= 4 is 51.3 Å². The maximum Gasteiger partial charge on any atom is 0.147 e. The molecular formula is C27H41IN4O2S. The van der Waals surface area contributed by atoms with E-state index in [0.717, 1.165) is 60.9 Å². The number of isothiocyanates is 1. The lowest BCUT2D eigenvalue weighted by Crippen LogP contribution is -2.24. The molecule has 3 atom stereocenters. The third-order valence-corrected chi connectivity index (χ3v) is 6.10. The molecule has 4 rings (SSSR count). The second-order valence-corrected chi connectivity index (χ2v) is 8.53. The van der Waals surface area contributed by atoms with E-state index in [2.05, 4.69) is 36.2 Å². The van der Waals surface area contributed by atoms with E-state index in [0.29, 0.717) is 0 Å². The second-order valence-electron chi connectivity index (χ2n) is 8.35. The van der Waals surface area contributed by atoms with Gasteiger partial charge < -0.3 is 15.4 Å². The molecule has 35 heavy (non-hydrogen) atoms. The van der Waals surface area contributed by atoms with E-state index in [1.165, 1.54) is 25.7 Å². The van der Waals surface area contributed by atoms with Gasteiger partial charge in [-0.05, 0) is 90.3 Å². The lowest BCUT2D eigenvalue weighted by Gasteiger charge is -2.16. The first-order chi connectivity index (χ1) is 17.3. The van der Waals surface area contributed by atoms with Crippen LogP contribution in [0.4, 0.5) is 11.4 Å². The molecule has 0 spiro atoms. The van der Waals surface area contributed by atoms with Gasteiger partial charge in [0.15, 0.2) is 0 Å². The van der Waals surface area contributed by atoms with Crippen molar-refractivity contribution in [1.82, 2.24) is 10.1 Å². The zero-order valence-electron chi connectivity index (χ0n) is 22.0. The van der Waals surface area contributed by atoms with Gasteiger partial charge in [-0.2, -0.15) is 4.99 Å². The third kappa shape index (κ3) is 11.3. The van der Waals surface area contributed by atoms with Crippen molar-refractivity contribution in [3.8, 4) is 11.5 Å². The van der Waals surface area contributed by atoms with Gasteiger partial charge in [0, 0.05) is 34.6 Å².